The van der Waals surface area contributed by atoms with Crippen LogP contribution in [-0.2, 0) is 10.8 Å². The molecule has 2 fully saturated rings. The monoisotopic (exact) mass is 296 g/mol. The van der Waals surface area contributed by atoms with E-state index in [0.29, 0.717) is 24.0 Å². The Balaban J connectivity index is 1.58. The van der Waals surface area contributed by atoms with E-state index in [0.717, 1.165) is 32.1 Å². The molecule has 1 N–H and O–H groups in total. The summed E-state index contributed by atoms with van der Waals surface area (Å²) < 4.78 is 16.9. The molecular formula is C14H20N2O3S. The normalized spacial score (nSPS) is 22.6. The summed E-state index contributed by atoms with van der Waals surface area (Å²) in [6.07, 6.45) is 9.48. The van der Waals surface area contributed by atoms with E-state index in [1.165, 1.54) is 12.7 Å². The van der Waals surface area contributed by atoms with Crippen molar-refractivity contribution in [3.05, 3.63) is 17.8 Å². The van der Waals surface area contributed by atoms with Crippen LogP contribution >= 0.6 is 0 Å². The van der Waals surface area contributed by atoms with Gasteiger partial charge < -0.3 is 9.73 Å². The highest BCUT2D eigenvalue weighted by Gasteiger charge is 2.41. The Morgan fingerprint density at radius 1 is 1.50 bits per heavy atom. The molecule has 20 heavy (non-hydrogen) atoms. The van der Waals surface area contributed by atoms with Gasteiger partial charge in [0.15, 0.2) is 11.6 Å². The van der Waals surface area contributed by atoms with Crippen molar-refractivity contribution in [3.63, 3.8) is 0 Å². The molecule has 1 aromatic rings. The van der Waals surface area contributed by atoms with Crippen LogP contribution < -0.4 is 5.32 Å². The molecule has 0 radical (unpaired) electrons. The van der Waals surface area contributed by atoms with Crippen molar-refractivity contribution in [2.24, 2.45) is 0 Å². The molecule has 0 aliphatic heterocycles. The first-order valence-corrected chi connectivity index (χ1v) is 8.74. The molecule has 1 atom stereocenters. The van der Waals surface area contributed by atoms with Crippen LogP contribution in [0.15, 0.2) is 10.7 Å². The average Bonchev–Trinajstić information content (AvgIpc) is 2.73. The van der Waals surface area contributed by atoms with Crippen LogP contribution in [0, 0.1) is 0 Å². The predicted molar refractivity (Wildman–Crippen MR) is 76.1 cm³/mol. The summed E-state index contributed by atoms with van der Waals surface area (Å²) in [5.41, 5.74) is 0.336. The zero-order chi connectivity index (χ0) is 14.2. The van der Waals surface area contributed by atoms with Gasteiger partial charge in [0, 0.05) is 29.5 Å². The van der Waals surface area contributed by atoms with Gasteiger partial charge >= 0.3 is 0 Å². The summed E-state index contributed by atoms with van der Waals surface area (Å²) in [5.74, 6) is 0.840. The number of nitrogens with one attached hydrogen (secondary N) is 1. The number of nitrogens with zero attached hydrogens (tertiary/aromatic N) is 1. The second-order valence-corrected chi connectivity index (χ2v) is 7.65. The molecule has 6 heteroatoms. The zero-order valence-corrected chi connectivity index (χ0v) is 12.5. The van der Waals surface area contributed by atoms with Crippen LogP contribution in [0.25, 0.3) is 0 Å². The molecule has 2 aliphatic rings. The van der Waals surface area contributed by atoms with Crippen molar-refractivity contribution in [1.29, 1.82) is 0 Å². The minimum Gasteiger partial charge on any atom is -0.448 e. The van der Waals surface area contributed by atoms with E-state index in [-0.39, 0.29) is 10.7 Å². The van der Waals surface area contributed by atoms with Gasteiger partial charge in [0.2, 0.25) is 0 Å². The second-order valence-electron chi connectivity index (χ2n) is 5.87. The van der Waals surface area contributed by atoms with E-state index < -0.39 is 10.8 Å². The largest absolute Gasteiger partial charge is 0.448 e. The van der Waals surface area contributed by atoms with Crippen LogP contribution in [0.3, 0.4) is 0 Å². The number of amides is 1. The van der Waals surface area contributed by atoms with Crippen molar-refractivity contribution >= 4 is 16.7 Å². The van der Waals surface area contributed by atoms with Crippen LogP contribution in [0.5, 0.6) is 0 Å². The first kappa shape index (κ1) is 13.8. The number of rotatable bonds is 5. The molecule has 5 nitrogen and oxygen atoms in total. The van der Waals surface area contributed by atoms with Crippen molar-refractivity contribution in [2.45, 2.75) is 49.2 Å². The predicted octanol–water partition coefficient (Wildman–Crippen LogP) is 1.97. The lowest BCUT2D eigenvalue weighted by Crippen LogP contribution is -2.50. The third-order valence-electron chi connectivity index (χ3n) is 4.65. The SMILES string of the molecule is CS(=O)C1(CNC(=O)c2coc(C3CCC3)n2)CCC1. The van der Waals surface area contributed by atoms with Crippen molar-refractivity contribution < 1.29 is 13.4 Å². The fraction of sp³-hybridized carbons (Fsp3) is 0.714. The van der Waals surface area contributed by atoms with E-state index in [4.69, 9.17) is 4.42 Å². The fourth-order valence-corrected chi connectivity index (χ4v) is 3.84. The number of oxazole rings is 1. The summed E-state index contributed by atoms with van der Waals surface area (Å²) in [5, 5.41) is 2.86. The highest BCUT2D eigenvalue weighted by Crippen LogP contribution is 2.37. The van der Waals surface area contributed by atoms with E-state index in [2.05, 4.69) is 10.3 Å². The maximum atomic E-state index is 12.1. The highest BCUT2D eigenvalue weighted by molar-refractivity contribution is 7.85. The molecule has 0 spiro atoms. The zero-order valence-electron chi connectivity index (χ0n) is 11.7. The van der Waals surface area contributed by atoms with Crippen LogP contribution in [0.2, 0.25) is 0 Å². The van der Waals surface area contributed by atoms with Crippen LogP contribution in [-0.4, -0.2) is 32.6 Å². The summed E-state index contributed by atoms with van der Waals surface area (Å²) >= 11 is 0. The molecular weight excluding hydrogens is 276 g/mol. The first-order chi connectivity index (χ1) is 9.61. The lowest BCUT2D eigenvalue weighted by Gasteiger charge is -2.39. The molecule has 1 unspecified atom stereocenters. The van der Waals surface area contributed by atoms with Crippen LogP contribution in [0.1, 0.15) is 60.8 Å². The third kappa shape index (κ3) is 2.41. The molecule has 1 amide bonds. The minimum atomic E-state index is -0.908. The lowest BCUT2D eigenvalue weighted by molar-refractivity contribution is 0.0938. The van der Waals surface area contributed by atoms with Crippen molar-refractivity contribution in [1.82, 2.24) is 10.3 Å². The van der Waals surface area contributed by atoms with Gasteiger partial charge in [0.1, 0.15) is 6.26 Å². The number of carbonyl (C=O) groups is 1. The van der Waals surface area contributed by atoms with Gasteiger partial charge in [-0.2, -0.15) is 0 Å². The lowest BCUT2D eigenvalue weighted by atomic mass is 9.84. The Morgan fingerprint density at radius 2 is 2.25 bits per heavy atom. The quantitative estimate of drug-likeness (QED) is 0.901. The van der Waals surface area contributed by atoms with Crippen LogP contribution in [0.4, 0.5) is 0 Å². The average molecular weight is 296 g/mol. The van der Waals surface area contributed by atoms with E-state index in [9.17, 15) is 9.00 Å². The number of aromatic nitrogens is 1. The Kier molecular flexibility index (Phi) is 3.67. The molecule has 1 aromatic heterocycles. The van der Waals surface area contributed by atoms with Gasteiger partial charge in [-0.1, -0.05) is 12.8 Å². The Morgan fingerprint density at radius 3 is 2.75 bits per heavy atom. The maximum Gasteiger partial charge on any atom is 0.273 e. The van der Waals surface area contributed by atoms with E-state index in [1.54, 1.807) is 6.26 Å². The molecule has 0 aromatic carbocycles. The summed E-state index contributed by atoms with van der Waals surface area (Å²) in [6.45, 7) is 0.459. The van der Waals surface area contributed by atoms with Gasteiger partial charge in [-0.15, -0.1) is 0 Å². The van der Waals surface area contributed by atoms with Gasteiger partial charge in [0.05, 0.1) is 4.75 Å². The molecule has 2 aliphatic carbocycles. The van der Waals surface area contributed by atoms with E-state index >= 15 is 0 Å². The fourth-order valence-electron chi connectivity index (χ4n) is 2.70. The smallest absolute Gasteiger partial charge is 0.273 e. The maximum absolute atomic E-state index is 12.1. The molecule has 2 saturated carbocycles. The topological polar surface area (TPSA) is 72.2 Å². The van der Waals surface area contributed by atoms with E-state index in [1.807, 2.05) is 0 Å². The molecule has 3 rings (SSSR count). The first-order valence-electron chi connectivity index (χ1n) is 7.18. The minimum absolute atomic E-state index is 0.226. The molecule has 0 bridgehead atoms. The Labute approximate surface area is 121 Å². The molecule has 110 valence electrons. The summed E-state index contributed by atoms with van der Waals surface area (Å²) in [6, 6.07) is 0. The summed E-state index contributed by atoms with van der Waals surface area (Å²) in [4.78, 5) is 16.3. The Hall–Kier alpha value is -1.17. The standard InChI is InChI=1S/C14H20N2O3S/c1-20(18)14(6-3-7-14)9-15-12(17)11-8-19-13(16-11)10-4-2-5-10/h8,10H,2-7,9H2,1H3,(H,15,17). The molecule has 1 heterocycles. The Bertz CT molecular complexity index is 532. The number of hydrogen-bond acceptors (Lipinski definition) is 4. The third-order valence-corrected chi connectivity index (χ3v) is 6.43. The van der Waals surface area contributed by atoms with Gasteiger partial charge in [-0.05, 0) is 25.7 Å². The summed E-state index contributed by atoms with van der Waals surface area (Å²) in [7, 11) is -0.908. The number of hydrogen-bond donors (Lipinski definition) is 1. The highest BCUT2D eigenvalue weighted by atomic mass is 32.2. The van der Waals surface area contributed by atoms with Crippen molar-refractivity contribution in [3.8, 4) is 0 Å². The molecule has 0 saturated heterocycles. The van der Waals surface area contributed by atoms with Crippen molar-refractivity contribution in [2.75, 3.05) is 12.8 Å². The van der Waals surface area contributed by atoms with Gasteiger partial charge in [-0.25, -0.2) is 4.98 Å². The van der Waals surface area contributed by atoms with Gasteiger partial charge in [0.25, 0.3) is 5.91 Å². The number of carbonyl (C=O) groups excluding carboxylic acids is 1. The van der Waals surface area contributed by atoms with Gasteiger partial charge in [-0.3, -0.25) is 9.00 Å². The second kappa shape index (κ2) is 5.31.